The van der Waals surface area contributed by atoms with Crippen LogP contribution >= 0.6 is 12.2 Å². The fourth-order valence-corrected chi connectivity index (χ4v) is 1.29. The molecule has 2 heteroatoms. The SMILES string of the molecule is CCCn1cccc(C)c1=S. The third-order valence-corrected chi connectivity index (χ3v) is 2.23. The van der Waals surface area contributed by atoms with Gasteiger partial charge in [0.15, 0.2) is 0 Å². The first-order valence-electron chi connectivity index (χ1n) is 3.91. The highest BCUT2D eigenvalue weighted by Gasteiger charge is 1.91. The van der Waals surface area contributed by atoms with Crippen molar-refractivity contribution >= 4 is 12.2 Å². The third kappa shape index (κ3) is 1.90. The molecule has 0 aliphatic heterocycles. The first kappa shape index (κ1) is 8.47. The summed E-state index contributed by atoms with van der Waals surface area (Å²) in [6.07, 6.45) is 3.18. The molecule has 0 saturated heterocycles. The zero-order chi connectivity index (χ0) is 8.27. The lowest BCUT2D eigenvalue weighted by molar-refractivity contribution is 0.663. The standard InChI is InChI=1S/C9H13NS/c1-3-6-10-7-4-5-8(2)9(10)11/h4-5,7H,3,6H2,1-2H3. The molecule has 1 rings (SSSR count). The lowest BCUT2D eigenvalue weighted by atomic mass is 10.3. The fraction of sp³-hybridized carbons (Fsp3) is 0.444. The highest BCUT2D eigenvalue weighted by atomic mass is 32.1. The molecule has 0 radical (unpaired) electrons. The number of hydrogen-bond donors (Lipinski definition) is 0. The van der Waals surface area contributed by atoms with Crippen LogP contribution < -0.4 is 0 Å². The Morgan fingerprint density at radius 2 is 2.27 bits per heavy atom. The smallest absolute Gasteiger partial charge is 0.108 e. The Hall–Kier alpha value is -0.630. The van der Waals surface area contributed by atoms with Gasteiger partial charge in [-0.2, -0.15) is 0 Å². The van der Waals surface area contributed by atoms with Gasteiger partial charge in [-0.3, -0.25) is 0 Å². The van der Waals surface area contributed by atoms with Crippen molar-refractivity contribution in [3.8, 4) is 0 Å². The molecule has 0 fully saturated rings. The Bertz CT molecular complexity index is 288. The van der Waals surface area contributed by atoms with E-state index in [0.29, 0.717) is 0 Å². The van der Waals surface area contributed by atoms with Crippen LogP contribution in [0, 0.1) is 11.6 Å². The summed E-state index contributed by atoms with van der Waals surface area (Å²) in [5, 5.41) is 0. The molecule has 1 nitrogen and oxygen atoms in total. The average molecular weight is 167 g/mol. The monoisotopic (exact) mass is 167 g/mol. The lowest BCUT2D eigenvalue weighted by Gasteiger charge is -2.05. The van der Waals surface area contributed by atoms with Crippen molar-refractivity contribution in [2.24, 2.45) is 0 Å². The first-order valence-corrected chi connectivity index (χ1v) is 4.32. The number of hydrogen-bond acceptors (Lipinski definition) is 1. The van der Waals surface area contributed by atoms with Crippen molar-refractivity contribution in [2.45, 2.75) is 26.8 Å². The first-order chi connectivity index (χ1) is 5.25. The van der Waals surface area contributed by atoms with E-state index < -0.39 is 0 Å². The second-order valence-electron chi connectivity index (χ2n) is 2.69. The van der Waals surface area contributed by atoms with E-state index in [1.54, 1.807) is 0 Å². The predicted octanol–water partition coefficient (Wildman–Crippen LogP) is 2.94. The maximum Gasteiger partial charge on any atom is 0.108 e. The molecular weight excluding hydrogens is 154 g/mol. The predicted molar refractivity (Wildman–Crippen MR) is 50.3 cm³/mol. The van der Waals surface area contributed by atoms with Gasteiger partial charge in [-0.05, 0) is 25.0 Å². The topological polar surface area (TPSA) is 4.93 Å². The number of pyridine rings is 1. The van der Waals surface area contributed by atoms with Crippen LogP contribution in [0.5, 0.6) is 0 Å². The van der Waals surface area contributed by atoms with Gasteiger partial charge in [0.25, 0.3) is 0 Å². The van der Waals surface area contributed by atoms with Gasteiger partial charge in [0.2, 0.25) is 0 Å². The normalized spacial score (nSPS) is 10.0. The van der Waals surface area contributed by atoms with E-state index in [1.807, 2.05) is 12.3 Å². The number of nitrogens with zero attached hydrogens (tertiary/aromatic N) is 1. The second kappa shape index (κ2) is 3.67. The van der Waals surface area contributed by atoms with E-state index in [-0.39, 0.29) is 0 Å². The summed E-state index contributed by atoms with van der Waals surface area (Å²) in [5.41, 5.74) is 1.19. The van der Waals surface area contributed by atoms with Crippen molar-refractivity contribution in [2.75, 3.05) is 0 Å². The molecule has 1 heterocycles. The van der Waals surface area contributed by atoms with Crippen LogP contribution in [-0.2, 0) is 6.54 Å². The molecule has 0 bridgehead atoms. The van der Waals surface area contributed by atoms with Crippen LogP contribution in [0.4, 0.5) is 0 Å². The third-order valence-electron chi connectivity index (χ3n) is 1.67. The van der Waals surface area contributed by atoms with Gasteiger partial charge in [0, 0.05) is 12.7 Å². The van der Waals surface area contributed by atoms with Gasteiger partial charge in [0.1, 0.15) is 4.64 Å². The van der Waals surface area contributed by atoms with Crippen molar-refractivity contribution in [1.82, 2.24) is 4.57 Å². The second-order valence-corrected chi connectivity index (χ2v) is 3.08. The van der Waals surface area contributed by atoms with Crippen LogP contribution in [0.25, 0.3) is 0 Å². The number of rotatable bonds is 2. The van der Waals surface area contributed by atoms with Gasteiger partial charge in [-0.15, -0.1) is 0 Å². The maximum atomic E-state index is 5.22. The average Bonchev–Trinajstić information content (AvgIpc) is 1.99. The molecule has 0 atom stereocenters. The molecule has 0 saturated carbocycles. The Morgan fingerprint density at radius 3 is 2.91 bits per heavy atom. The van der Waals surface area contributed by atoms with Crippen LogP contribution in [0.15, 0.2) is 18.3 Å². The molecule has 0 aliphatic carbocycles. The quantitative estimate of drug-likeness (QED) is 0.613. The van der Waals surface area contributed by atoms with Crippen molar-refractivity contribution < 1.29 is 0 Å². The zero-order valence-electron chi connectivity index (χ0n) is 7.00. The Kier molecular flexibility index (Phi) is 2.83. The minimum atomic E-state index is 0.967. The van der Waals surface area contributed by atoms with Crippen LogP contribution in [0.2, 0.25) is 0 Å². The maximum absolute atomic E-state index is 5.22. The molecule has 0 unspecified atom stereocenters. The minimum Gasteiger partial charge on any atom is -0.339 e. The summed E-state index contributed by atoms with van der Waals surface area (Å²) >= 11 is 5.22. The van der Waals surface area contributed by atoms with E-state index in [2.05, 4.69) is 24.5 Å². The molecule has 60 valence electrons. The van der Waals surface area contributed by atoms with E-state index in [4.69, 9.17) is 12.2 Å². The molecule has 0 amide bonds. The van der Waals surface area contributed by atoms with E-state index in [0.717, 1.165) is 17.6 Å². The largest absolute Gasteiger partial charge is 0.339 e. The zero-order valence-corrected chi connectivity index (χ0v) is 7.82. The number of aromatic nitrogens is 1. The summed E-state index contributed by atoms with van der Waals surface area (Å²) in [7, 11) is 0. The summed E-state index contributed by atoms with van der Waals surface area (Å²) in [6, 6.07) is 4.09. The van der Waals surface area contributed by atoms with Crippen molar-refractivity contribution in [3.63, 3.8) is 0 Å². The molecule has 11 heavy (non-hydrogen) atoms. The van der Waals surface area contributed by atoms with E-state index in [1.165, 1.54) is 5.56 Å². The Balaban J connectivity index is 3.07. The highest BCUT2D eigenvalue weighted by Crippen LogP contribution is 2.01. The molecule has 0 aliphatic rings. The molecule has 0 spiro atoms. The molecule has 1 aromatic heterocycles. The Morgan fingerprint density at radius 1 is 1.55 bits per heavy atom. The van der Waals surface area contributed by atoms with Crippen LogP contribution in [0.1, 0.15) is 18.9 Å². The molecular formula is C9H13NS. The van der Waals surface area contributed by atoms with E-state index >= 15 is 0 Å². The summed E-state index contributed by atoms with van der Waals surface area (Å²) < 4.78 is 3.08. The number of aryl methyl sites for hydroxylation is 2. The highest BCUT2D eigenvalue weighted by molar-refractivity contribution is 7.71. The summed E-state index contributed by atoms with van der Waals surface area (Å²) in [4.78, 5) is 0. The molecule has 0 N–H and O–H groups in total. The summed E-state index contributed by atoms with van der Waals surface area (Å²) in [5.74, 6) is 0. The van der Waals surface area contributed by atoms with E-state index in [9.17, 15) is 0 Å². The van der Waals surface area contributed by atoms with Gasteiger partial charge in [-0.25, -0.2) is 0 Å². The molecule has 0 aromatic carbocycles. The van der Waals surface area contributed by atoms with Crippen LogP contribution in [-0.4, -0.2) is 4.57 Å². The van der Waals surface area contributed by atoms with Gasteiger partial charge in [0.05, 0.1) is 0 Å². The van der Waals surface area contributed by atoms with Gasteiger partial charge < -0.3 is 4.57 Å². The molecule has 1 aromatic rings. The fourth-order valence-electron chi connectivity index (χ4n) is 1.07. The van der Waals surface area contributed by atoms with Gasteiger partial charge >= 0.3 is 0 Å². The van der Waals surface area contributed by atoms with Gasteiger partial charge in [-0.1, -0.05) is 25.2 Å². The van der Waals surface area contributed by atoms with Crippen molar-refractivity contribution in [3.05, 3.63) is 28.5 Å². The van der Waals surface area contributed by atoms with Crippen LogP contribution in [0.3, 0.4) is 0 Å². The van der Waals surface area contributed by atoms with Crippen molar-refractivity contribution in [1.29, 1.82) is 0 Å². The lowest BCUT2D eigenvalue weighted by Crippen LogP contribution is -1.99. The minimum absolute atomic E-state index is 0.967. The Labute approximate surface area is 72.7 Å². The summed E-state index contributed by atoms with van der Waals surface area (Å²) in [6.45, 7) is 5.24.